The molecule has 2 rings (SSSR count). The highest BCUT2D eigenvalue weighted by molar-refractivity contribution is 6.00. The van der Waals surface area contributed by atoms with E-state index in [1.807, 2.05) is 6.07 Å². The number of aromatic amines is 1. The number of nitrogens with two attached hydrogens (primary N) is 1. The Morgan fingerprint density at radius 2 is 2.38 bits per heavy atom. The van der Waals surface area contributed by atoms with Crippen molar-refractivity contribution >= 4 is 16.7 Å². The zero-order chi connectivity index (χ0) is 9.26. The normalized spacial score (nSPS) is 10.5. The Balaban J connectivity index is 2.54. The maximum Gasteiger partial charge on any atom is 0.176 e. The quantitative estimate of drug-likeness (QED) is 0.660. The van der Waals surface area contributed by atoms with Crippen LogP contribution in [0.1, 0.15) is 10.4 Å². The number of fused-ring (bicyclic) bond motifs is 1. The Labute approximate surface area is 74.7 Å². The lowest BCUT2D eigenvalue weighted by Gasteiger charge is -1.96. The number of rotatable bonds is 2. The van der Waals surface area contributed by atoms with E-state index in [0.717, 1.165) is 10.9 Å². The van der Waals surface area contributed by atoms with Crippen molar-refractivity contribution in [1.29, 1.82) is 0 Å². The van der Waals surface area contributed by atoms with Gasteiger partial charge >= 0.3 is 0 Å². The van der Waals surface area contributed by atoms with Crippen LogP contribution in [0.3, 0.4) is 0 Å². The number of H-pyrrole nitrogens is 1. The predicted octanol–water partition coefficient (Wildman–Crippen LogP) is 0.704. The van der Waals surface area contributed by atoms with Crippen molar-refractivity contribution < 1.29 is 4.79 Å². The highest BCUT2D eigenvalue weighted by Crippen LogP contribution is 2.12. The fourth-order valence-electron chi connectivity index (χ4n) is 1.23. The van der Waals surface area contributed by atoms with E-state index in [1.165, 1.54) is 0 Å². The van der Waals surface area contributed by atoms with E-state index in [4.69, 9.17) is 5.73 Å². The second kappa shape index (κ2) is 2.99. The van der Waals surface area contributed by atoms with E-state index in [-0.39, 0.29) is 12.3 Å². The minimum Gasteiger partial charge on any atom is -0.324 e. The predicted molar refractivity (Wildman–Crippen MR) is 49.5 cm³/mol. The Hall–Kier alpha value is -1.68. The molecule has 0 aliphatic rings. The molecule has 4 nitrogen and oxygen atoms in total. The van der Waals surface area contributed by atoms with Crippen LogP contribution in [-0.2, 0) is 0 Å². The summed E-state index contributed by atoms with van der Waals surface area (Å²) in [6.07, 6.45) is 1.71. The Morgan fingerprint density at radius 3 is 3.15 bits per heavy atom. The van der Waals surface area contributed by atoms with E-state index in [9.17, 15) is 4.79 Å². The van der Waals surface area contributed by atoms with Crippen molar-refractivity contribution in [3.05, 3.63) is 30.0 Å². The van der Waals surface area contributed by atoms with Crippen LogP contribution in [0.2, 0.25) is 0 Å². The third kappa shape index (κ3) is 1.31. The van der Waals surface area contributed by atoms with Gasteiger partial charge in [0.05, 0.1) is 18.3 Å². The Kier molecular flexibility index (Phi) is 1.83. The standard InChI is InChI=1S/C9H9N3O/c10-4-9(13)6-1-2-7-5-11-12-8(7)3-6/h1-3,5H,4,10H2,(H,11,12). The summed E-state index contributed by atoms with van der Waals surface area (Å²) in [5.74, 6) is -0.0588. The van der Waals surface area contributed by atoms with Crippen LogP contribution in [0.15, 0.2) is 24.4 Å². The van der Waals surface area contributed by atoms with E-state index in [0.29, 0.717) is 5.56 Å². The van der Waals surface area contributed by atoms with Gasteiger partial charge in [0.25, 0.3) is 0 Å². The first-order valence-electron chi connectivity index (χ1n) is 3.97. The number of ketones is 1. The molecular weight excluding hydrogens is 166 g/mol. The first-order chi connectivity index (χ1) is 6.31. The lowest BCUT2D eigenvalue weighted by Crippen LogP contribution is -2.13. The molecule has 0 spiro atoms. The monoisotopic (exact) mass is 175 g/mol. The van der Waals surface area contributed by atoms with E-state index in [2.05, 4.69) is 10.2 Å². The number of benzene rings is 1. The Morgan fingerprint density at radius 1 is 1.54 bits per heavy atom. The smallest absolute Gasteiger partial charge is 0.176 e. The van der Waals surface area contributed by atoms with Crippen molar-refractivity contribution in [1.82, 2.24) is 10.2 Å². The summed E-state index contributed by atoms with van der Waals surface area (Å²) in [7, 11) is 0. The van der Waals surface area contributed by atoms with Crippen LogP contribution < -0.4 is 5.73 Å². The molecule has 0 aliphatic heterocycles. The first kappa shape index (κ1) is 7.94. The van der Waals surface area contributed by atoms with Crippen LogP contribution in [0.4, 0.5) is 0 Å². The summed E-state index contributed by atoms with van der Waals surface area (Å²) in [5, 5.41) is 7.65. The topological polar surface area (TPSA) is 71.8 Å². The molecular formula is C9H9N3O. The minimum atomic E-state index is -0.0588. The zero-order valence-electron chi connectivity index (χ0n) is 6.95. The molecule has 0 unspecified atom stereocenters. The maximum atomic E-state index is 11.2. The number of nitrogens with zero attached hydrogens (tertiary/aromatic N) is 1. The van der Waals surface area contributed by atoms with Crippen molar-refractivity contribution in [3.8, 4) is 0 Å². The fourth-order valence-corrected chi connectivity index (χ4v) is 1.23. The van der Waals surface area contributed by atoms with Gasteiger partial charge in [-0.15, -0.1) is 0 Å². The lowest BCUT2D eigenvalue weighted by molar-refractivity contribution is 0.100. The zero-order valence-corrected chi connectivity index (χ0v) is 6.95. The van der Waals surface area contributed by atoms with Gasteiger partial charge in [0.1, 0.15) is 0 Å². The molecule has 13 heavy (non-hydrogen) atoms. The number of hydrogen-bond donors (Lipinski definition) is 2. The van der Waals surface area contributed by atoms with Crippen LogP contribution in [0, 0.1) is 0 Å². The molecule has 1 aromatic heterocycles. The lowest BCUT2D eigenvalue weighted by atomic mass is 10.1. The van der Waals surface area contributed by atoms with Crippen molar-refractivity contribution in [2.24, 2.45) is 5.73 Å². The van der Waals surface area contributed by atoms with Crippen LogP contribution in [-0.4, -0.2) is 22.5 Å². The number of hydrogen-bond acceptors (Lipinski definition) is 3. The molecule has 0 radical (unpaired) electrons. The van der Waals surface area contributed by atoms with Crippen molar-refractivity contribution in [2.45, 2.75) is 0 Å². The SMILES string of the molecule is NCC(=O)c1ccc2cn[nH]c2c1. The first-order valence-corrected chi connectivity index (χ1v) is 3.97. The molecule has 0 atom stereocenters. The van der Waals surface area contributed by atoms with Gasteiger partial charge in [0, 0.05) is 10.9 Å². The van der Waals surface area contributed by atoms with Gasteiger partial charge in [0.2, 0.25) is 0 Å². The van der Waals surface area contributed by atoms with E-state index in [1.54, 1.807) is 18.3 Å². The van der Waals surface area contributed by atoms with Gasteiger partial charge in [0.15, 0.2) is 5.78 Å². The molecule has 0 fully saturated rings. The average molecular weight is 175 g/mol. The minimum absolute atomic E-state index is 0.0413. The average Bonchev–Trinajstić information content (AvgIpc) is 2.63. The highest BCUT2D eigenvalue weighted by Gasteiger charge is 2.04. The summed E-state index contributed by atoms with van der Waals surface area (Å²) in [6.45, 7) is 0.0413. The second-order valence-corrected chi connectivity index (χ2v) is 2.80. The van der Waals surface area contributed by atoms with E-state index >= 15 is 0 Å². The summed E-state index contributed by atoms with van der Waals surface area (Å²) in [5.41, 5.74) is 6.73. The van der Waals surface area contributed by atoms with Gasteiger partial charge < -0.3 is 5.73 Å². The molecule has 2 aromatic rings. The largest absolute Gasteiger partial charge is 0.324 e. The third-order valence-electron chi connectivity index (χ3n) is 1.95. The molecule has 0 saturated heterocycles. The fraction of sp³-hybridized carbons (Fsp3) is 0.111. The van der Waals surface area contributed by atoms with Crippen LogP contribution in [0.5, 0.6) is 0 Å². The van der Waals surface area contributed by atoms with E-state index < -0.39 is 0 Å². The molecule has 1 aromatic carbocycles. The Bertz CT molecular complexity index is 447. The number of nitrogens with one attached hydrogen (secondary N) is 1. The third-order valence-corrected chi connectivity index (χ3v) is 1.95. The van der Waals surface area contributed by atoms with Gasteiger partial charge in [-0.1, -0.05) is 12.1 Å². The number of carbonyl (C=O) groups excluding carboxylic acids is 1. The summed E-state index contributed by atoms with van der Waals surface area (Å²) in [4.78, 5) is 11.2. The molecule has 0 bridgehead atoms. The van der Waals surface area contributed by atoms with Crippen molar-refractivity contribution in [2.75, 3.05) is 6.54 Å². The molecule has 0 amide bonds. The molecule has 4 heteroatoms. The van der Waals surface area contributed by atoms with Crippen LogP contribution in [0.25, 0.3) is 10.9 Å². The summed E-state index contributed by atoms with van der Waals surface area (Å²) >= 11 is 0. The van der Waals surface area contributed by atoms with Gasteiger partial charge in [-0.3, -0.25) is 9.89 Å². The van der Waals surface area contributed by atoms with Gasteiger partial charge in [-0.25, -0.2) is 0 Å². The summed E-state index contributed by atoms with van der Waals surface area (Å²) in [6, 6.07) is 5.37. The molecule has 66 valence electrons. The van der Waals surface area contributed by atoms with Crippen LogP contribution >= 0.6 is 0 Å². The number of carbonyl (C=O) groups is 1. The second-order valence-electron chi connectivity index (χ2n) is 2.80. The highest BCUT2D eigenvalue weighted by atomic mass is 16.1. The molecule has 0 aliphatic carbocycles. The molecule has 1 heterocycles. The molecule has 0 saturated carbocycles. The number of Topliss-reactive ketones (excluding diaryl/α,β-unsaturated/α-hetero) is 1. The summed E-state index contributed by atoms with van der Waals surface area (Å²) < 4.78 is 0. The molecule has 3 N–H and O–H groups in total. The van der Waals surface area contributed by atoms with Gasteiger partial charge in [-0.05, 0) is 6.07 Å². The maximum absolute atomic E-state index is 11.2. The van der Waals surface area contributed by atoms with Crippen molar-refractivity contribution in [3.63, 3.8) is 0 Å². The number of aromatic nitrogens is 2. The van der Waals surface area contributed by atoms with Gasteiger partial charge in [-0.2, -0.15) is 5.10 Å².